The number of hydrogen-bond acceptors (Lipinski definition) is 8. The molecule has 0 aliphatic heterocycles. The minimum Gasteiger partial charge on any atom is -0.496 e. The number of ether oxygens (including phenoxy) is 1. The molecule has 0 amide bonds. The molecule has 3 heterocycles. The van der Waals surface area contributed by atoms with Gasteiger partial charge in [0.25, 0.3) is 5.56 Å². The average molecular weight is 484 g/mol. The summed E-state index contributed by atoms with van der Waals surface area (Å²) < 4.78 is 8.16. The molecule has 10 heteroatoms. The lowest BCUT2D eigenvalue weighted by Crippen LogP contribution is -2.39. The Morgan fingerprint density at radius 3 is 2.64 bits per heavy atom. The second-order valence-corrected chi connectivity index (χ2v) is 9.88. The van der Waals surface area contributed by atoms with Gasteiger partial charge >= 0.3 is 5.69 Å². The van der Waals surface area contributed by atoms with Crippen molar-refractivity contribution in [3.05, 3.63) is 62.0 Å². The Morgan fingerprint density at radius 2 is 1.91 bits per heavy atom. The van der Waals surface area contributed by atoms with Crippen LogP contribution in [0, 0.1) is 12.8 Å². The third-order valence-corrected chi connectivity index (χ3v) is 6.99. The molecule has 0 saturated carbocycles. The maximum Gasteiger partial charge on any atom is 0.332 e. The molecule has 33 heavy (non-hydrogen) atoms. The molecular weight excluding hydrogens is 458 g/mol. The van der Waals surface area contributed by atoms with Crippen LogP contribution in [0.15, 0.2) is 44.3 Å². The molecule has 1 aromatic carbocycles. The van der Waals surface area contributed by atoms with Crippen molar-refractivity contribution in [2.24, 2.45) is 13.0 Å². The molecule has 4 aromatic rings. The Balaban J connectivity index is 1.72. The van der Waals surface area contributed by atoms with E-state index in [9.17, 15) is 9.59 Å². The number of rotatable bonds is 7. The molecule has 3 aromatic heterocycles. The summed E-state index contributed by atoms with van der Waals surface area (Å²) in [5.41, 5.74) is 1.46. The molecular formula is C23H25N5O3S2. The number of fused-ring (bicyclic) bond motifs is 1. The van der Waals surface area contributed by atoms with Crippen molar-refractivity contribution < 1.29 is 4.74 Å². The fourth-order valence-corrected chi connectivity index (χ4v) is 5.44. The summed E-state index contributed by atoms with van der Waals surface area (Å²) in [4.78, 5) is 39.6. The predicted octanol–water partition coefficient (Wildman–Crippen LogP) is 3.88. The number of aryl methyl sites for hydroxylation is 1. The Kier molecular flexibility index (Phi) is 6.66. The molecule has 4 rings (SSSR count). The van der Waals surface area contributed by atoms with Crippen molar-refractivity contribution in [2.75, 3.05) is 7.11 Å². The molecule has 0 unspecified atom stereocenters. The highest BCUT2D eigenvalue weighted by molar-refractivity contribution is 7.98. The highest BCUT2D eigenvalue weighted by Gasteiger charge is 2.19. The molecule has 0 fully saturated rings. The fraction of sp³-hybridized carbons (Fsp3) is 0.348. The first kappa shape index (κ1) is 23.2. The van der Waals surface area contributed by atoms with E-state index in [2.05, 4.69) is 9.97 Å². The van der Waals surface area contributed by atoms with Gasteiger partial charge in [-0.05, 0) is 25.0 Å². The molecule has 8 nitrogen and oxygen atoms in total. The monoisotopic (exact) mass is 483 g/mol. The number of hydrogen-bond donors (Lipinski definition) is 0. The lowest BCUT2D eigenvalue weighted by atomic mass is 10.2. The van der Waals surface area contributed by atoms with Crippen molar-refractivity contribution in [2.45, 2.75) is 38.1 Å². The van der Waals surface area contributed by atoms with Gasteiger partial charge in [0.1, 0.15) is 27.0 Å². The maximum atomic E-state index is 13.0. The highest BCUT2D eigenvalue weighted by Crippen LogP contribution is 2.33. The van der Waals surface area contributed by atoms with Crippen molar-refractivity contribution in [1.29, 1.82) is 0 Å². The maximum absolute atomic E-state index is 13.0. The van der Waals surface area contributed by atoms with Gasteiger partial charge in [0.2, 0.25) is 0 Å². The summed E-state index contributed by atoms with van der Waals surface area (Å²) >= 11 is 2.97. The fourth-order valence-electron chi connectivity index (χ4n) is 3.54. The van der Waals surface area contributed by atoms with Crippen LogP contribution in [-0.2, 0) is 19.3 Å². The molecule has 0 aliphatic rings. The summed E-state index contributed by atoms with van der Waals surface area (Å²) in [5.74, 6) is 2.04. The van der Waals surface area contributed by atoms with Crippen LogP contribution < -0.4 is 16.0 Å². The van der Waals surface area contributed by atoms with E-state index in [1.165, 1.54) is 18.8 Å². The number of thiazole rings is 1. The van der Waals surface area contributed by atoms with Crippen LogP contribution in [0.3, 0.4) is 0 Å². The smallest absolute Gasteiger partial charge is 0.332 e. The minimum atomic E-state index is -0.384. The SMILES string of the molecule is COc1ccccc1-c1nc(CSc2nc(C)nc3c2c(=O)n(C)c(=O)n3CC(C)C)cs1. The van der Waals surface area contributed by atoms with Gasteiger partial charge in [-0.1, -0.05) is 37.7 Å². The van der Waals surface area contributed by atoms with E-state index in [4.69, 9.17) is 9.72 Å². The van der Waals surface area contributed by atoms with Crippen LogP contribution in [0.4, 0.5) is 0 Å². The first-order chi connectivity index (χ1) is 15.8. The van der Waals surface area contributed by atoms with Gasteiger partial charge < -0.3 is 4.74 Å². The lowest BCUT2D eigenvalue weighted by Gasteiger charge is -2.15. The number of para-hydroxylation sites is 1. The topological polar surface area (TPSA) is 91.9 Å². The molecule has 0 N–H and O–H groups in total. The molecule has 172 valence electrons. The van der Waals surface area contributed by atoms with E-state index in [0.717, 1.165) is 26.6 Å². The van der Waals surface area contributed by atoms with Gasteiger partial charge in [0.05, 0.1) is 18.4 Å². The Hall–Kier alpha value is -2.98. The zero-order valence-corrected chi connectivity index (χ0v) is 20.8. The first-order valence-corrected chi connectivity index (χ1v) is 12.4. The van der Waals surface area contributed by atoms with Crippen LogP contribution >= 0.6 is 23.1 Å². The van der Waals surface area contributed by atoms with Gasteiger partial charge in [0.15, 0.2) is 5.65 Å². The van der Waals surface area contributed by atoms with E-state index in [0.29, 0.717) is 34.2 Å². The first-order valence-electron chi connectivity index (χ1n) is 10.5. The third-order valence-electron chi connectivity index (χ3n) is 5.05. The normalized spacial score (nSPS) is 11.5. The van der Waals surface area contributed by atoms with Gasteiger partial charge in [-0.3, -0.25) is 13.9 Å². The Labute approximate surface area is 199 Å². The quantitative estimate of drug-likeness (QED) is 0.291. The van der Waals surface area contributed by atoms with Crippen LogP contribution in [-0.4, -0.2) is 31.2 Å². The number of thioether (sulfide) groups is 1. The molecule has 0 saturated heterocycles. The molecule has 0 spiro atoms. The third kappa shape index (κ3) is 4.58. The molecule has 0 bridgehead atoms. The summed E-state index contributed by atoms with van der Waals surface area (Å²) in [5, 5.41) is 3.79. The van der Waals surface area contributed by atoms with Crippen LogP contribution in [0.1, 0.15) is 25.4 Å². The second-order valence-electron chi connectivity index (χ2n) is 8.06. The zero-order chi connectivity index (χ0) is 23.7. The van der Waals surface area contributed by atoms with Crippen LogP contribution in [0.5, 0.6) is 5.75 Å². The summed E-state index contributed by atoms with van der Waals surface area (Å²) in [6, 6.07) is 7.77. The summed E-state index contributed by atoms with van der Waals surface area (Å²) in [7, 11) is 3.14. The van der Waals surface area contributed by atoms with Crippen molar-refractivity contribution in [1.82, 2.24) is 24.1 Å². The standard InChI is InChI=1S/C23H25N5O3S2/c1-13(2)10-28-19-18(22(29)27(4)23(28)30)21(25-14(3)24-19)33-12-15-11-32-20(26-15)16-8-6-7-9-17(16)31-5/h6-9,11,13H,10,12H2,1-5H3. The zero-order valence-electron chi connectivity index (χ0n) is 19.2. The Bertz CT molecular complexity index is 1440. The summed E-state index contributed by atoms with van der Waals surface area (Å²) in [6.45, 7) is 6.29. The van der Waals surface area contributed by atoms with Crippen molar-refractivity contribution in [3.8, 4) is 16.3 Å². The highest BCUT2D eigenvalue weighted by atomic mass is 32.2. The average Bonchev–Trinajstić information content (AvgIpc) is 3.27. The second kappa shape index (κ2) is 9.48. The van der Waals surface area contributed by atoms with Gasteiger partial charge in [-0.25, -0.2) is 19.7 Å². The Morgan fingerprint density at radius 1 is 1.15 bits per heavy atom. The van der Waals surface area contributed by atoms with Crippen molar-refractivity contribution in [3.63, 3.8) is 0 Å². The predicted molar refractivity (Wildman–Crippen MR) is 132 cm³/mol. The lowest BCUT2D eigenvalue weighted by molar-refractivity contribution is 0.416. The van der Waals surface area contributed by atoms with E-state index in [1.807, 2.05) is 43.5 Å². The van der Waals surface area contributed by atoms with E-state index in [1.54, 1.807) is 29.9 Å². The number of methoxy groups -OCH3 is 1. The minimum absolute atomic E-state index is 0.221. The summed E-state index contributed by atoms with van der Waals surface area (Å²) in [6.07, 6.45) is 0. The van der Waals surface area contributed by atoms with E-state index < -0.39 is 0 Å². The van der Waals surface area contributed by atoms with E-state index in [-0.39, 0.29) is 17.2 Å². The van der Waals surface area contributed by atoms with Crippen molar-refractivity contribution >= 4 is 34.1 Å². The number of aromatic nitrogens is 5. The molecule has 0 aliphatic carbocycles. The molecule has 0 radical (unpaired) electrons. The van der Waals surface area contributed by atoms with Gasteiger partial charge in [-0.15, -0.1) is 11.3 Å². The number of benzene rings is 1. The number of nitrogens with zero attached hydrogens (tertiary/aromatic N) is 5. The van der Waals surface area contributed by atoms with Crippen LogP contribution in [0.25, 0.3) is 21.6 Å². The largest absolute Gasteiger partial charge is 0.496 e. The molecule has 0 atom stereocenters. The van der Waals surface area contributed by atoms with Crippen LogP contribution in [0.2, 0.25) is 0 Å². The van der Waals surface area contributed by atoms with E-state index >= 15 is 0 Å². The van der Waals surface area contributed by atoms with Gasteiger partial charge in [0, 0.05) is 24.7 Å². The van der Waals surface area contributed by atoms with Gasteiger partial charge in [-0.2, -0.15) is 0 Å².